The molecule has 0 fully saturated rings. The Balaban J connectivity index is 2.19. The van der Waals surface area contributed by atoms with Crippen LogP contribution in [0.4, 0.5) is 0 Å². The summed E-state index contributed by atoms with van der Waals surface area (Å²) in [5.41, 5.74) is 12.5. The molecule has 14 heteroatoms. The molecule has 2 aromatic rings. The molecule has 0 saturated heterocycles. The SMILES string of the molecule is CC(C)CC(NC(=O)C(N)CCC(=O)O)C(=O)NC(CCC(N)=O)C(=O)NC(Cc1c[nH]c2ccccc12)C(=O)O. The number of hydrogen-bond donors (Lipinski definition) is 8. The van der Waals surface area contributed by atoms with Crippen molar-refractivity contribution in [1.29, 1.82) is 0 Å². The minimum Gasteiger partial charge on any atom is -0.481 e. The number of nitrogens with one attached hydrogen (secondary N) is 4. The van der Waals surface area contributed by atoms with Gasteiger partial charge in [-0.3, -0.25) is 24.0 Å². The van der Waals surface area contributed by atoms with Crippen LogP contribution in [0, 0.1) is 5.92 Å². The third-order valence-electron chi connectivity index (χ3n) is 6.37. The second kappa shape index (κ2) is 15.4. The predicted octanol–water partition coefficient (Wildman–Crippen LogP) is -0.247. The first-order valence-electron chi connectivity index (χ1n) is 13.2. The topological polar surface area (TPSA) is 247 Å². The molecule has 1 heterocycles. The molecule has 2 rings (SSSR count). The molecule has 0 bridgehead atoms. The number of carboxylic acids is 2. The largest absolute Gasteiger partial charge is 0.481 e. The fraction of sp³-hybridized carbons (Fsp3) is 0.481. The van der Waals surface area contributed by atoms with Crippen molar-refractivity contribution in [3.8, 4) is 0 Å². The highest BCUT2D eigenvalue weighted by Crippen LogP contribution is 2.19. The molecule has 41 heavy (non-hydrogen) atoms. The maximum absolute atomic E-state index is 13.2. The highest BCUT2D eigenvalue weighted by atomic mass is 16.4. The molecule has 1 aromatic carbocycles. The van der Waals surface area contributed by atoms with Gasteiger partial charge in [-0.1, -0.05) is 32.0 Å². The van der Waals surface area contributed by atoms with Gasteiger partial charge in [0.05, 0.1) is 6.04 Å². The summed E-state index contributed by atoms with van der Waals surface area (Å²) in [6.07, 6.45) is 0.780. The van der Waals surface area contributed by atoms with Crippen molar-refractivity contribution in [3.05, 3.63) is 36.0 Å². The monoisotopic (exact) mass is 574 g/mol. The minimum atomic E-state index is -1.35. The predicted molar refractivity (Wildman–Crippen MR) is 148 cm³/mol. The maximum atomic E-state index is 13.2. The Hall–Kier alpha value is -4.46. The Morgan fingerprint density at radius 2 is 1.46 bits per heavy atom. The lowest BCUT2D eigenvalue weighted by Gasteiger charge is -2.26. The lowest BCUT2D eigenvalue weighted by Crippen LogP contribution is -2.57. The molecule has 1 aromatic heterocycles. The van der Waals surface area contributed by atoms with E-state index >= 15 is 0 Å². The normalized spacial score (nSPS) is 14.0. The summed E-state index contributed by atoms with van der Waals surface area (Å²) in [5.74, 6) is -5.59. The van der Waals surface area contributed by atoms with E-state index in [1.54, 1.807) is 26.1 Å². The van der Waals surface area contributed by atoms with E-state index in [2.05, 4.69) is 20.9 Å². The van der Waals surface area contributed by atoms with Crippen molar-refractivity contribution in [1.82, 2.24) is 20.9 Å². The number of primary amides is 1. The molecular formula is C27H38N6O8. The van der Waals surface area contributed by atoms with E-state index in [0.717, 1.165) is 10.9 Å². The first-order valence-corrected chi connectivity index (χ1v) is 13.2. The average molecular weight is 575 g/mol. The van der Waals surface area contributed by atoms with Gasteiger partial charge in [-0.2, -0.15) is 0 Å². The van der Waals surface area contributed by atoms with E-state index in [9.17, 15) is 33.9 Å². The first kappa shape index (κ1) is 32.8. The van der Waals surface area contributed by atoms with Crippen molar-refractivity contribution in [2.75, 3.05) is 0 Å². The van der Waals surface area contributed by atoms with E-state index in [-0.39, 0.29) is 44.4 Å². The Labute approximate surface area is 236 Å². The van der Waals surface area contributed by atoms with Crippen molar-refractivity contribution in [3.63, 3.8) is 0 Å². The zero-order chi connectivity index (χ0) is 30.7. The van der Waals surface area contributed by atoms with Gasteiger partial charge in [0.2, 0.25) is 23.6 Å². The van der Waals surface area contributed by atoms with E-state index < -0.39 is 59.7 Å². The Kier molecular flexibility index (Phi) is 12.3. The molecular weight excluding hydrogens is 536 g/mol. The summed E-state index contributed by atoms with van der Waals surface area (Å²) in [5, 5.41) is 26.9. The number of carbonyl (C=O) groups is 6. The summed E-state index contributed by atoms with van der Waals surface area (Å²) in [6, 6.07) is 2.26. The van der Waals surface area contributed by atoms with Gasteiger partial charge >= 0.3 is 11.9 Å². The van der Waals surface area contributed by atoms with Crippen LogP contribution in [0.1, 0.15) is 51.5 Å². The average Bonchev–Trinajstić information content (AvgIpc) is 3.30. The van der Waals surface area contributed by atoms with Crippen LogP contribution in [0.2, 0.25) is 0 Å². The third-order valence-corrected chi connectivity index (χ3v) is 6.37. The van der Waals surface area contributed by atoms with Gasteiger partial charge in [-0.05, 0) is 36.8 Å². The number of aliphatic carboxylic acids is 2. The van der Waals surface area contributed by atoms with Crippen LogP contribution in [0.25, 0.3) is 10.9 Å². The van der Waals surface area contributed by atoms with Gasteiger partial charge in [-0.15, -0.1) is 0 Å². The van der Waals surface area contributed by atoms with Gasteiger partial charge in [0.25, 0.3) is 0 Å². The van der Waals surface area contributed by atoms with Crippen LogP contribution in [-0.4, -0.2) is 74.9 Å². The number of aromatic nitrogens is 1. The number of aromatic amines is 1. The van der Waals surface area contributed by atoms with Crippen molar-refractivity contribution >= 4 is 46.5 Å². The van der Waals surface area contributed by atoms with Crippen LogP contribution in [0.15, 0.2) is 30.5 Å². The van der Waals surface area contributed by atoms with Crippen molar-refractivity contribution in [2.45, 2.75) is 76.5 Å². The zero-order valence-corrected chi connectivity index (χ0v) is 23.0. The third kappa shape index (κ3) is 10.6. The Morgan fingerprint density at radius 3 is 2.07 bits per heavy atom. The number of amides is 4. The molecule has 4 amide bonds. The number of fused-ring (bicyclic) bond motifs is 1. The maximum Gasteiger partial charge on any atom is 0.326 e. The molecule has 0 aliphatic carbocycles. The molecule has 224 valence electrons. The quantitative estimate of drug-likeness (QED) is 0.124. The summed E-state index contributed by atoms with van der Waals surface area (Å²) < 4.78 is 0. The second-order valence-corrected chi connectivity index (χ2v) is 10.3. The van der Waals surface area contributed by atoms with Gasteiger partial charge in [0, 0.05) is 36.4 Å². The molecule has 4 atom stereocenters. The van der Waals surface area contributed by atoms with Gasteiger partial charge in [0.1, 0.15) is 18.1 Å². The molecule has 0 radical (unpaired) electrons. The van der Waals surface area contributed by atoms with Crippen LogP contribution in [-0.2, 0) is 35.2 Å². The molecule has 4 unspecified atom stereocenters. The van der Waals surface area contributed by atoms with Gasteiger partial charge in [0.15, 0.2) is 0 Å². The summed E-state index contributed by atoms with van der Waals surface area (Å²) in [6.45, 7) is 3.60. The Morgan fingerprint density at radius 1 is 0.854 bits per heavy atom. The molecule has 10 N–H and O–H groups in total. The first-order chi connectivity index (χ1) is 19.3. The van der Waals surface area contributed by atoms with Crippen LogP contribution >= 0.6 is 0 Å². The number of nitrogens with two attached hydrogens (primary N) is 2. The lowest BCUT2D eigenvalue weighted by atomic mass is 10.0. The molecule has 0 aliphatic heterocycles. The number of hydrogen-bond acceptors (Lipinski definition) is 7. The molecule has 0 saturated carbocycles. The highest BCUT2D eigenvalue weighted by Gasteiger charge is 2.31. The fourth-order valence-electron chi connectivity index (χ4n) is 4.21. The number of carboxylic acid groups (broad SMARTS) is 2. The molecule has 0 spiro atoms. The van der Waals surface area contributed by atoms with Gasteiger partial charge in [-0.25, -0.2) is 4.79 Å². The van der Waals surface area contributed by atoms with Crippen LogP contribution in [0.3, 0.4) is 0 Å². The molecule has 14 nitrogen and oxygen atoms in total. The molecule has 0 aliphatic rings. The smallest absolute Gasteiger partial charge is 0.326 e. The Bertz CT molecular complexity index is 1260. The van der Waals surface area contributed by atoms with E-state index in [1.807, 2.05) is 18.2 Å². The van der Waals surface area contributed by atoms with E-state index in [0.29, 0.717) is 5.56 Å². The highest BCUT2D eigenvalue weighted by molar-refractivity contribution is 5.94. The van der Waals surface area contributed by atoms with Crippen LogP contribution < -0.4 is 27.4 Å². The van der Waals surface area contributed by atoms with E-state index in [1.165, 1.54) is 0 Å². The summed E-state index contributed by atoms with van der Waals surface area (Å²) in [4.78, 5) is 76.3. The standard InChI is InChI=1S/C27H38N6O8/c1-14(2)11-20(32-24(37)17(28)7-10-23(35)36)26(39)31-19(8-9-22(29)34)25(38)33-21(27(40)41)12-15-13-30-18-6-4-3-5-16(15)18/h3-6,13-14,17,19-21,30H,7-12,28H2,1-2H3,(H2,29,34)(H,31,39)(H,32,37)(H,33,38)(H,35,36)(H,40,41). The summed E-state index contributed by atoms with van der Waals surface area (Å²) in [7, 11) is 0. The lowest BCUT2D eigenvalue weighted by molar-refractivity contribution is -0.142. The van der Waals surface area contributed by atoms with Crippen molar-refractivity contribution < 1.29 is 39.0 Å². The number of para-hydroxylation sites is 1. The summed E-state index contributed by atoms with van der Waals surface area (Å²) >= 11 is 0. The number of benzene rings is 1. The zero-order valence-electron chi connectivity index (χ0n) is 23.0. The number of rotatable bonds is 17. The number of carbonyl (C=O) groups excluding carboxylic acids is 4. The fourth-order valence-corrected chi connectivity index (χ4v) is 4.21. The number of H-pyrrole nitrogens is 1. The minimum absolute atomic E-state index is 0.0537. The van der Waals surface area contributed by atoms with Crippen molar-refractivity contribution in [2.24, 2.45) is 17.4 Å². The van der Waals surface area contributed by atoms with Gasteiger partial charge < -0.3 is 42.6 Å². The van der Waals surface area contributed by atoms with E-state index in [4.69, 9.17) is 16.6 Å². The second-order valence-electron chi connectivity index (χ2n) is 10.3. The van der Waals surface area contributed by atoms with Crippen LogP contribution in [0.5, 0.6) is 0 Å².